The molecule has 0 N–H and O–H groups in total. The van der Waals surface area contributed by atoms with Crippen molar-refractivity contribution in [1.29, 1.82) is 0 Å². The highest BCUT2D eigenvalue weighted by Crippen LogP contribution is 2.41. The van der Waals surface area contributed by atoms with Gasteiger partial charge >= 0.3 is 0 Å². The zero-order valence-corrected chi connectivity index (χ0v) is 13.1. The lowest BCUT2D eigenvalue weighted by atomic mass is 10.0. The van der Waals surface area contributed by atoms with E-state index < -0.39 is 4.83 Å². The largest absolute Gasteiger partial charge is 0.496 e. The number of methoxy groups -OCH3 is 1. The number of halogens is 4. The van der Waals surface area contributed by atoms with Crippen LogP contribution in [0.2, 0.25) is 10.0 Å². The van der Waals surface area contributed by atoms with Crippen LogP contribution in [-0.4, -0.2) is 7.11 Å². The molecule has 1 unspecified atom stereocenters. The van der Waals surface area contributed by atoms with E-state index in [0.29, 0.717) is 21.4 Å². The molecule has 0 radical (unpaired) electrons. The van der Waals surface area contributed by atoms with Gasteiger partial charge in [0.05, 0.1) is 11.9 Å². The highest BCUT2D eigenvalue weighted by atomic mass is 79.9. The summed E-state index contributed by atoms with van der Waals surface area (Å²) in [5.74, 6) is 0.111. The van der Waals surface area contributed by atoms with Crippen LogP contribution in [0.4, 0.5) is 4.39 Å². The van der Waals surface area contributed by atoms with Crippen LogP contribution in [0.1, 0.15) is 16.0 Å². The summed E-state index contributed by atoms with van der Waals surface area (Å²) in [6, 6.07) is 9.79. The fourth-order valence-corrected chi connectivity index (χ4v) is 3.30. The van der Waals surface area contributed by atoms with E-state index in [1.165, 1.54) is 13.2 Å². The fourth-order valence-electron chi connectivity index (χ4n) is 1.80. The summed E-state index contributed by atoms with van der Waals surface area (Å²) in [7, 11) is 1.50. The Bertz CT molecular complexity index is 604. The molecule has 0 bridgehead atoms. The van der Waals surface area contributed by atoms with E-state index in [0.717, 1.165) is 5.56 Å². The summed E-state index contributed by atoms with van der Waals surface area (Å²) in [5.41, 5.74) is 1.14. The van der Waals surface area contributed by atoms with Crippen molar-refractivity contribution in [1.82, 2.24) is 0 Å². The molecule has 0 heterocycles. The van der Waals surface area contributed by atoms with Crippen molar-refractivity contribution >= 4 is 39.1 Å². The summed E-state index contributed by atoms with van der Waals surface area (Å²) >= 11 is 15.5. The third kappa shape index (κ3) is 3.04. The first kappa shape index (κ1) is 14.6. The third-order valence-corrected chi connectivity index (χ3v) is 4.24. The average molecular weight is 364 g/mol. The molecule has 100 valence electrons. The molecule has 2 aromatic rings. The number of benzene rings is 2. The normalized spacial score (nSPS) is 12.3. The second-order valence-electron chi connectivity index (χ2n) is 3.88. The topological polar surface area (TPSA) is 9.23 Å². The molecular formula is C14H10BrCl2FO. The van der Waals surface area contributed by atoms with Gasteiger partial charge in [-0.25, -0.2) is 4.39 Å². The molecule has 0 aliphatic heterocycles. The molecule has 0 fully saturated rings. The molecule has 1 nitrogen and oxygen atoms in total. The second kappa shape index (κ2) is 6.12. The van der Waals surface area contributed by atoms with Crippen LogP contribution in [-0.2, 0) is 0 Å². The predicted molar refractivity (Wildman–Crippen MR) is 80.2 cm³/mol. The van der Waals surface area contributed by atoms with Gasteiger partial charge in [0.25, 0.3) is 0 Å². The summed E-state index contributed by atoms with van der Waals surface area (Å²) in [5, 5.41) is 1.01. The zero-order chi connectivity index (χ0) is 14.0. The highest BCUT2D eigenvalue weighted by Gasteiger charge is 2.21. The first-order valence-electron chi connectivity index (χ1n) is 5.46. The molecule has 0 aliphatic rings. The Kier molecular flexibility index (Phi) is 4.71. The van der Waals surface area contributed by atoms with Crippen molar-refractivity contribution in [3.8, 4) is 5.75 Å². The smallest absolute Gasteiger partial charge is 0.131 e. The van der Waals surface area contributed by atoms with Crippen LogP contribution in [0, 0.1) is 5.82 Å². The summed E-state index contributed by atoms with van der Waals surface area (Å²) in [6.45, 7) is 0. The van der Waals surface area contributed by atoms with Crippen molar-refractivity contribution in [2.45, 2.75) is 4.83 Å². The monoisotopic (exact) mass is 362 g/mol. The van der Waals surface area contributed by atoms with E-state index in [2.05, 4.69) is 15.9 Å². The molecule has 5 heteroatoms. The van der Waals surface area contributed by atoms with Gasteiger partial charge in [-0.3, -0.25) is 0 Å². The Morgan fingerprint density at radius 2 is 1.95 bits per heavy atom. The van der Waals surface area contributed by atoms with E-state index in [1.54, 1.807) is 30.3 Å². The molecule has 0 aromatic heterocycles. The van der Waals surface area contributed by atoms with Gasteiger partial charge in [-0.15, -0.1) is 0 Å². The van der Waals surface area contributed by atoms with Gasteiger partial charge in [-0.2, -0.15) is 0 Å². The van der Waals surface area contributed by atoms with Crippen LogP contribution in [0.5, 0.6) is 5.75 Å². The lowest BCUT2D eigenvalue weighted by Gasteiger charge is -2.16. The van der Waals surface area contributed by atoms with Gasteiger partial charge in [0.2, 0.25) is 0 Å². The lowest BCUT2D eigenvalue weighted by Crippen LogP contribution is -2.01. The molecule has 0 spiro atoms. The van der Waals surface area contributed by atoms with E-state index in [9.17, 15) is 4.39 Å². The minimum absolute atomic E-state index is 0.354. The third-order valence-electron chi connectivity index (χ3n) is 2.72. The van der Waals surface area contributed by atoms with E-state index in [1.807, 2.05) is 0 Å². The van der Waals surface area contributed by atoms with Crippen LogP contribution in [0.3, 0.4) is 0 Å². The van der Waals surface area contributed by atoms with Gasteiger partial charge in [-0.05, 0) is 29.8 Å². The number of hydrogen-bond donors (Lipinski definition) is 0. The first-order valence-corrected chi connectivity index (χ1v) is 7.13. The van der Waals surface area contributed by atoms with Gasteiger partial charge in [0, 0.05) is 15.6 Å². The fraction of sp³-hybridized carbons (Fsp3) is 0.143. The minimum atomic E-state index is -0.409. The van der Waals surface area contributed by atoms with Crippen LogP contribution >= 0.6 is 39.1 Å². The van der Waals surface area contributed by atoms with Gasteiger partial charge in [-0.1, -0.05) is 51.3 Å². The predicted octanol–water partition coefficient (Wildman–Crippen LogP) is 5.63. The maximum atomic E-state index is 14.0. The Hall–Kier alpha value is -0.770. The van der Waals surface area contributed by atoms with Crippen LogP contribution in [0.25, 0.3) is 0 Å². The van der Waals surface area contributed by atoms with Crippen molar-refractivity contribution < 1.29 is 9.13 Å². The zero-order valence-electron chi connectivity index (χ0n) is 9.96. The molecule has 0 aliphatic carbocycles. The lowest BCUT2D eigenvalue weighted by molar-refractivity contribution is 0.405. The van der Waals surface area contributed by atoms with Crippen LogP contribution in [0.15, 0.2) is 36.4 Å². The molecular weight excluding hydrogens is 354 g/mol. The maximum Gasteiger partial charge on any atom is 0.131 e. The van der Waals surface area contributed by atoms with Crippen molar-refractivity contribution in [2.24, 2.45) is 0 Å². The maximum absolute atomic E-state index is 14.0. The highest BCUT2D eigenvalue weighted by molar-refractivity contribution is 9.09. The van der Waals surface area contributed by atoms with E-state index in [4.69, 9.17) is 27.9 Å². The number of ether oxygens (including phenoxy) is 1. The second-order valence-corrected chi connectivity index (χ2v) is 5.64. The molecule has 19 heavy (non-hydrogen) atoms. The Morgan fingerprint density at radius 3 is 2.58 bits per heavy atom. The van der Waals surface area contributed by atoms with E-state index >= 15 is 0 Å². The average Bonchev–Trinajstić information content (AvgIpc) is 2.37. The molecule has 0 saturated heterocycles. The molecule has 1 atom stereocenters. The number of rotatable bonds is 3. The standard InChI is InChI=1S/C14H10BrCl2FO/c1-19-12-4-2-3-11(18)13(12)14(15)9-6-5-8(16)7-10(9)17/h2-7,14H,1H3. The Morgan fingerprint density at radius 1 is 1.21 bits per heavy atom. The van der Waals surface area contributed by atoms with Crippen LogP contribution < -0.4 is 4.74 Å². The first-order chi connectivity index (χ1) is 9.04. The Balaban J connectivity index is 2.52. The minimum Gasteiger partial charge on any atom is -0.496 e. The van der Waals surface area contributed by atoms with Gasteiger partial charge in [0.1, 0.15) is 11.6 Å². The number of hydrogen-bond acceptors (Lipinski definition) is 1. The summed E-state index contributed by atoms with van der Waals surface area (Å²) in [6.07, 6.45) is 0. The molecule has 2 rings (SSSR count). The quantitative estimate of drug-likeness (QED) is 0.642. The van der Waals surface area contributed by atoms with Gasteiger partial charge < -0.3 is 4.74 Å². The molecule has 0 amide bonds. The SMILES string of the molecule is COc1cccc(F)c1C(Br)c1ccc(Cl)cc1Cl. The summed E-state index contributed by atoms with van der Waals surface area (Å²) < 4.78 is 19.2. The summed E-state index contributed by atoms with van der Waals surface area (Å²) in [4.78, 5) is -0.409. The van der Waals surface area contributed by atoms with Crippen molar-refractivity contribution in [2.75, 3.05) is 7.11 Å². The Labute approximate surface area is 129 Å². The molecule has 0 saturated carbocycles. The van der Waals surface area contributed by atoms with Crippen molar-refractivity contribution in [3.63, 3.8) is 0 Å². The van der Waals surface area contributed by atoms with Crippen molar-refractivity contribution in [3.05, 3.63) is 63.4 Å². The van der Waals surface area contributed by atoms with E-state index in [-0.39, 0.29) is 5.82 Å². The number of alkyl halides is 1. The molecule has 2 aromatic carbocycles. The van der Waals surface area contributed by atoms with Gasteiger partial charge in [0.15, 0.2) is 0 Å².